The molecule has 2 aromatic carbocycles. The van der Waals surface area contributed by atoms with Gasteiger partial charge in [-0.3, -0.25) is 4.99 Å². The van der Waals surface area contributed by atoms with Gasteiger partial charge in [0.1, 0.15) is 12.4 Å². The summed E-state index contributed by atoms with van der Waals surface area (Å²) in [7, 11) is 0. The van der Waals surface area contributed by atoms with E-state index in [-0.39, 0.29) is 18.2 Å². The normalized spacial score (nSPS) is 22.5. The van der Waals surface area contributed by atoms with Gasteiger partial charge in [-0.15, -0.1) is 0 Å². The van der Waals surface area contributed by atoms with Crippen molar-refractivity contribution >= 4 is 17.6 Å². The van der Waals surface area contributed by atoms with Gasteiger partial charge >= 0.3 is 6.09 Å². The minimum absolute atomic E-state index is 0.0571. The average Bonchev–Trinajstić information content (AvgIpc) is 3.45. The SMILES string of the molecule is O=C(OCc1ccccc1)N1CCC[C@H]1C1CN2C(c3ccccc3)=CC=CC2=N1. The molecule has 3 aliphatic rings. The van der Waals surface area contributed by atoms with Crippen LogP contribution < -0.4 is 0 Å². The Balaban J connectivity index is 1.28. The van der Waals surface area contributed by atoms with E-state index >= 15 is 0 Å². The van der Waals surface area contributed by atoms with Gasteiger partial charge in [-0.2, -0.15) is 0 Å². The maximum Gasteiger partial charge on any atom is 0.410 e. The molecule has 0 saturated carbocycles. The van der Waals surface area contributed by atoms with Gasteiger partial charge in [-0.1, -0.05) is 66.7 Å². The number of amides is 1. The lowest BCUT2D eigenvalue weighted by molar-refractivity contribution is 0.0882. The van der Waals surface area contributed by atoms with Crippen LogP contribution in [0.3, 0.4) is 0 Å². The van der Waals surface area contributed by atoms with Crippen LogP contribution >= 0.6 is 0 Å². The minimum Gasteiger partial charge on any atom is -0.445 e. The first kappa shape index (κ1) is 18.7. The van der Waals surface area contributed by atoms with Crippen LogP contribution in [0.1, 0.15) is 24.0 Å². The van der Waals surface area contributed by atoms with Gasteiger partial charge in [0.15, 0.2) is 0 Å². The lowest BCUT2D eigenvalue weighted by Crippen LogP contribution is -2.44. The maximum atomic E-state index is 12.8. The first-order valence-corrected chi connectivity index (χ1v) is 10.6. The largest absolute Gasteiger partial charge is 0.445 e. The van der Waals surface area contributed by atoms with E-state index in [9.17, 15) is 4.79 Å². The van der Waals surface area contributed by atoms with Crippen LogP contribution in [-0.4, -0.2) is 46.9 Å². The van der Waals surface area contributed by atoms with Gasteiger partial charge in [0.2, 0.25) is 0 Å². The van der Waals surface area contributed by atoms with E-state index in [4.69, 9.17) is 9.73 Å². The third-order valence-corrected chi connectivity index (χ3v) is 5.99. The zero-order chi connectivity index (χ0) is 20.3. The summed E-state index contributed by atoms with van der Waals surface area (Å²) in [5.41, 5.74) is 3.35. The predicted octanol–water partition coefficient (Wildman–Crippen LogP) is 4.48. The Morgan fingerprint density at radius 3 is 2.63 bits per heavy atom. The van der Waals surface area contributed by atoms with Crippen LogP contribution in [0.2, 0.25) is 0 Å². The van der Waals surface area contributed by atoms with Gasteiger partial charge in [0, 0.05) is 18.8 Å². The highest BCUT2D eigenvalue weighted by Crippen LogP contribution is 2.32. The van der Waals surface area contributed by atoms with Crippen molar-refractivity contribution in [3.05, 3.63) is 90.0 Å². The zero-order valence-corrected chi connectivity index (χ0v) is 16.9. The van der Waals surface area contributed by atoms with Crippen molar-refractivity contribution in [3.8, 4) is 0 Å². The summed E-state index contributed by atoms with van der Waals surface area (Å²) in [6, 6.07) is 20.3. The molecule has 0 bridgehead atoms. The van der Waals surface area contributed by atoms with E-state index in [1.165, 1.54) is 5.56 Å². The summed E-state index contributed by atoms with van der Waals surface area (Å²) in [4.78, 5) is 21.9. The summed E-state index contributed by atoms with van der Waals surface area (Å²) in [6.45, 7) is 1.82. The smallest absolute Gasteiger partial charge is 0.410 e. The summed E-state index contributed by atoms with van der Waals surface area (Å²) in [5.74, 6) is 0.978. The van der Waals surface area contributed by atoms with Crippen molar-refractivity contribution in [3.63, 3.8) is 0 Å². The second kappa shape index (κ2) is 8.19. The molecule has 0 radical (unpaired) electrons. The number of nitrogens with zero attached hydrogens (tertiary/aromatic N) is 3. The van der Waals surface area contributed by atoms with Crippen LogP contribution in [0.5, 0.6) is 0 Å². The van der Waals surface area contributed by atoms with Crippen LogP contribution in [0, 0.1) is 0 Å². The second-order valence-corrected chi connectivity index (χ2v) is 7.89. The van der Waals surface area contributed by atoms with Gasteiger partial charge in [0.25, 0.3) is 0 Å². The number of ether oxygens (including phenoxy) is 1. The summed E-state index contributed by atoms with van der Waals surface area (Å²) in [6.07, 6.45) is 7.96. The van der Waals surface area contributed by atoms with E-state index in [2.05, 4.69) is 47.4 Å². The molecule has 1 saturated heterocycles. The van der Waals surface area contributed by atoms with E-state index in [1.807, 2.05) is 41.3 Å². The molecule has 152 valence electrons. The first-order chi connectivity index (χ1) is 14.8. The number of carbonyl (C=O) groups is 1. The molecule has 0 spiro atoms. The van der Waals surface area contributed by atoms with Crippen LogP contribution in [0.25, 0.3) is 5.70 Å². The monoisotopic (exact) mass is 399 g/mol. The highest BCUT2D eigenvalue weighted by molar-refractivity contribution is 6.02. The Morgan fingerprint density at radius 2 is 1.83 bits per heavy atom. The zero-order valence-electron chi connectivity index (χ0n) is 16.9. The van der Waals surface area contributed by atoms with Gasteiger partial charge in [-0.05, 0) is 36.1 Å². The van der Waals surface area contributed by atoms with E-state index in [0.717, 1.165) is 43.0 Å². The molecule has 0 aliphatic carbocycles. The molecule has 5 nitrogen and oxygen atoms in total. The van der Waals surface area contributed by atoms with Gasteiger partial charge in [0.05, 0.1) is 12.1 Å². The Morgan fingerprint density at radius 1 is 1.07 bits per heavy atom. The van der Waals surface area contributed by atoms with Crippen molar-refractivity contribution in [1.29, 1.82) is 0 Å². The second-order valence-electron chi connectivity index (χ2n) is 7.89. The average molecular weight is 399 g/mol. The third-order valence-electron chi connectivity index (χ3n) is 5.99. The quantitative estimate of drug-likeness (QED) is 0.761. The Labute approximate surface area is 177 Å². The lowest BCUT2D eigenvalue weighted by Gasteiger charge is -2.29. The highest BCUT2D eigenvalue weighted by Gasteiger charge is 2.40. The topological polar surface area (TPSA) is 45.1 Å². The van der Waals surface area contributed by atoms with Gasteiger partial charge in [-0.25, -0.2) is 4.79 Å². The number of amidine groups is 1. The van der Waals surface area contributed by atoms with Crippen molar-refractivity contribution in [2.24, 2.45) is 4.99 Å². The fourth-order valence-corrected chi connectivity index (χ4v) is 4.52. The fraction of sp³-hybridized carbons (Fsp3) is 0.280. The number of fused-ring (bicyclic) bond motifs is 1. The molecular formula is C25H25N3O2. The number of hydrogen-bond donors (Lipinski definition) is 0. The van der Waals surface area contributed by atoms with E-state index < -0.39 is 0 Å². The number of hydrogen-bond acceptors (Lipinski definition) is 4. The molecule has 30 heavy (non-hydrogen) atoms. The third kappa shape index (κ3) is 3.63. The van der Waals surface area contributed by atoms with Crippen LogP contribution in [-0.2, 0) is 11.3 Å². The number of aliphatic imine (C=N–C) groups is 1. The van der Waals surface area contributed by atoms with Gasteiger partial charge < -0.3 is 14.5 Å². The Bertz CT molecular complexity index is 998. The summed E-state index contributed by atoms with van der Waals surface area (Å²) < 4.78 is 5.61. The molecular weight excluding hydrogens is 374 g/mol. The standard InChI is InChI=1S/C25H25N3O2/c29-25(30-18-19-9-3-1-4-10-19)27-16-8-14-23(27)21-17-28-22(13-7-15-24(28)26-21)20-11-5-2-6-12-20/h1-7,9-13,15,21,23H,8,14,16-18H2/t21?,23-/m0/s1. The predicted molar refractivity (Wildman–Crippen MR) is 118 cm³/mol. The van der Waals surface area contributed by atoms with Crippen molar-refractivity contribution in [2.75, 3.05) is 13.1 Å². The molecule has 1 amide bonds. The van der Waals surface area contributed by atoms with E-state index in [1.54, 1.807) is 0 Å². The number of allylic oxidation sites excluding steroid dienone is 2. The molecule has 5 rings (SSSR count). The Hall–Kier alpha value is -3.34. The summed E-state index contributed by atoms with van der Waals surface area (Å²) in [5, 5.41) is 0. The molecule has 0 N–H and O–H groups in total. The molecule has 1 unspecified atom stereocenters. The molecule has 3 heterocycles. The number of likely N-dealkylation sites (tertiary alicyclic amines) is 1. The lowest BCUT2D eigenvalue weighted by atomic mass is 10.0. The molecule has 1 fully saturated rings. The number of benzene rings is 2. The summed E-state index contributed by atoms with van der Waals surface area (Å²) >= 11 is 0. The maximum absolute atomic E-state index is 12.8. The van der Waals surface area contributed by atoms with Crippen molar-refractivity contribution in [2.45, 2.75) is 31.5 Å². The van der Waals surface area contributed by atoms with Crippen LogP contribution in [0.4, 0.5) is 4.79 Å². The molecule has 0 aromatic heterocycles. The molecule has 2 atom stereocenters. The number of rotatable bonds is 4. The minimum atomic E-state index is -0.235. The Kier molecular flexibility index (Phi) is 5.10. The molecule has 2 aromatic rings. The molecule has 3 aliphatic heterocycles. The fourth-order valence-electron chi connectivity index (χ4n) is 4.52. The number of carbonyl (C=O) groups excluding carboxylic acids is 1. The molecule has 5 heteroatoms. The highest BCUT2D eigenvalue weighted by atomic mass is 16.6. The van der Waals surface area contributed by atoms with Crippen molar-refractivity contribution in [1.82, 2.24) is 9.80 Å². The van der Waals surface area contributed by atoms with Crippen LogP contribution in [0.15, 0.2) is 83.9 Å². The van der Waals surface area contributed by atoms with E-state index in [0.29, 0.717) is 6.61 Å². The first-order valence-electron chi connectivity index (χ1n) is 10.6. The van der Waals surface area contributed by atoms with Crippen molar-refractivity contribution < 1.29 is 9.53 Å².